The minimum absolute atomic E-state index is 0.149. The van der Waals surface area contributed by atoms with Gasteiger partial charge in [0.15, 0.2) is 0 Å². The molecule has 1 aromatic rings. The van der Waals surface area contributed by atoms with Crippen LogP contribution in [0.15, 0.2) is 22.7 Å². The van der Waals surface area contributed by atoms with Gasteiger partial charge >= 0.3 is 0 Å². The predicted molar refractivity (Wildman–Crippen MR) is 78.4 cm³/mol. The summed E-state index contributed by atoms with van der Waals surface area (Å²) in [5, 5.41) is 13.1. The van der Waals surface area contributed by atoms with Crippen molar-refractivity contribution in [2.45, 2.75) is 44.7 Å². The van der Waals surface area contributed by atoms with Crippen molar-refractivity contribution >= 4 is 15.9 Å². The molecule has 2 atom stereocenters. The molecule has 0 amide bonds. The van der Waals surface area contributed by atoms with Crippen molar-refractivity contribution in [2.75, 3.05) is 6.61 Å². The Morgan fingerprint density at radius 2 is 2.32 bits per heavy atom. The number of halogens is 2. The number of hydrogen-bond donors (Lipinski definition) is 2. The Morgan fingerprint density at radius 1 is 1.53 bits per heavy atom. The minimum atomic E-state index is -0.241. The highest BCUT2D eigenvalue weighted by atomic mass is 79.9. The summed E-state index contributed by atoms with van der Waals surface area (Å²) in [5.74, 6) is 0.393. The maximum absolute atomic E-state index is 13.5. The van der Waals surface area contributed by atoms with E-state index in [4.69, 9.17) is 0 Å². The molecule has 2 unspecified atom stereocenters. The molecule has 1 aliphatic rings. The van der Waals surface area contributed by atoms with Gasteiger partial charge in [0, 0.05) is 12.1 Å². The summed E-state index contributed by atoms with van der Waals surface area (Å²) >= 11 is 3.15. The van der Waals surface area contributed by atoms with Crippen LogP contribution in [0, 0.1) is 11.7 Å². The molecule has 1 saturated carbocycles. The van der Waals surface area contributed by atoms with E-state index in [9.17, 15) is 9.50 Å². The smallest absolute Gasteiger partial charge is 0.137 e. The highest BCUT2D eigenvalue weighted by molar-refractivity contribution is 9.10. The van der Waals surface area contributed by atoms with E-state index in [1.807, 2.05) is 6.07 Å². The summed E-state index contributed by atoms with van der Waals surface area (Å²) in [6.45, 7) is 2.97. The predicted octanol–water partition coefficient (Wildman–Crippen LogP) is 3.62. The van der Waals surface area contributed by atoms with Gasteiger partial charge in [0.2, 0.25) is 0 Å². The zero-order chi connectivity index (χ0) is 13.9. The van der Waals surface area contributed by atoms with Crippen LogP contribution in [0.2, 0.25) is 0 Å². The van der Waals surface area contributed by atoms with Gasteiger partial charge in [0.1, 0.15) is 5.82 Å². The van der Waals surface area contributed by atoms with E-state index >= 15 is 0 Å². The van der Waals surface area contributed by atoms with Gasteiger partial charge in [-0.3, -0.25) is 0 Å². The quantitative estimate of drug-likeness (QED) is 0.884. The summed E-state index contributed by atoms with van der Waals surface area (Å²) in [7, 11) is 0. The molecule has 0 heterocycles. The first-order valence-electron chi connectivity index (χ1n) is 6.84. The van der Waals surface area contributed by atoms with Crippen LogP contribution in [0.4, 0.5) is 4.39 Å². The van der Waals surface area contributed by atoms with E-state index in [2.05, 4.69) is 28.2 Å². The molecule has 2 nitrogen and oxygen atoms in total. The third-order valence-electron chi connectivity index (χ3n) is 4.05. The van der Waals surface area contributed by atoms with E-state index < -0.39 is 0 Å². The van der Waals surface area contributed by atoms with Gasteiger partial charge in [-0.15, -0.1) is 0 Å². The molecule has 1 aliphatic carbocycles. The van der Waals surface area contributed by atoms with E-state index in [0.29, 0.717) is 16.9 Å². The Morgan fingerprint density at radius 3 is 2.95 bits per heavy atom. The highest BCUT2D eigenvalue weighted by Gasteiger charge is 2.33. The Labute approximate surface area is 122 Å². The minimum Gasteiger partial charge on any atom is -0.394 e. The second-order valence-corrected chi connectivity index (χ2v) is 6.60. The van der Waals surface area contributed by atoms with Crippen LogP contribution in [0.5, 0.6) is 0 Å². The lowest BCUT2D eigenvalue weighted by molar-refractivity contribution is 0.0982. The Hall–Kier alpha value is -0.450. The zero-order valence-electron chi connectivity index (χ0n) is 11.3. The van der Waals surface area contributed by atoms with Gasteiger partial charge < -0.3 is 10.4 Å². The van der Waals surface area contributed by atoms with Gasteiger partial charge in [-0.05, 0) is 52.4 Å². The van der Waals surface area contributed by atoms with E-state index in [-0.39, 0.29) is 18.0 Å². The summed E-state index contributed by atoms with van der Waals surface area (Å²) < 4.78 is 13.9. The molecular formula is C15H21BrFNO. The summed E-state index contributed by atoms with van der Waals surface area (Å²) in [6.07, 6.45) is 4.36. The van der Waals surface area contributed by atoms with Crippen molar-refractivity contribution in [1.29, 1.82) is 0 Å². The molecular weight excluding hydrogens is 309 g/mol. The number of benzene rings is 1. The van der Waals surface area contributed by atoms with Gasteiger partial charge in [-0.2, -0.15) is 0 Å². The number of aliphatic hydroxyl groups is 1. The second kappa shape index (κ2) is 6.33. The first-order valence-corrected chi connectivity index (χ1v) is 7.64. The maximum atomic E-state index is 13.5. The fourth-order valence-corrected chi connectivity index (χ4v) is 3.21. The third-order valence-corrected chi connectivity index (χ3v) is 4.69. The first-order chi connectivity index (χ1) is 9.04. The SMILES string of the molecule is CC1CCCC(CO)(NCc2ccc(Br)c(F)c2)C1. The number of nitrogens with one attached hydrogen (secondary N) is 1. The lowest BCUT2D eigenvalue weighted by atomic mass is 9.77. The normalized spacial score (nSPS) is 27.5. The van der Waals surface area contributed by atoms with E-state index in [1.54, 1.807) is 6.07 Å². The molecule has 106 valence electrons. The number of rotatable bonds is 4. The van der Waals surface area contributed by atoms with Crippen molar-refractivity contribution in [1.82, 2.24) is 5.32 Å². The van der Waals surface area contributed by atoms with E-state index in [0.717, 1.165) is 24.8 Å². The Bertz CT molecular complexity index is 440. The molecule has 0 bridgehead atoms. The van der Waals surface area contributed by atoms with Crippen LogP contribution < -0.4 is 5.32 Å². The molecule has 0 saturated heterocycles. The topological polar surface area (TPSA) is 32.3 Å². The Kier molecular flexibility index (Phi) is 4.98. The average Bonchev–Trinajstić information content (AvgIpc) is 2.40. The molecule has 0 spiro atoms. The standard InChI is InChI=1S/C15H21BrFNO/c1-11-3-2-6-15(8-11,10-19)18-9-12-4-5-13(16)14(17)7-12/h4-5,7,11,18-19H,2-3,6,8-10H2,1H3. The largest absolute Gasteiger partial charge is 0.394 e. The van der Waals surface area contributed by atoms with Crippen LogP contribution in [0.25, 0.3) is 0 Å². The van der Waals surface area contributed by atoms with Crippen molar-refractivity contribution < 1.29 is 9.50 Å². The molecule has 19 heavy (non-hydrogen) atoms. The second-order valence-electron chi connectivity index (χ2n) is 5.74. The van der Waals surface area contributed by atoms with Crippen LogP contribution in [-0.4, -0.2) is 17.3 Å². The average molecular weight is 330 g/mol. The lowest BCUT2D eigenvalue weighted by Gasteiger charge is -2.39. The van der Waals surface area contributed by atoms with Gasteiger partial charge in [-0.1, -0.05) is 25.8 Å². The van der Waals surface area contributed by atoms with Crippen molar-refractivity contribution in [3.05, 3.63) is 34.1 Å². The first kappa shape index (κ1) is 14.9. The van der Waals surface area contributed by atoms with Crippen LogP contribution in [0.1, 0.15) is 38.2 Å². The summed E-state index contributed by atoms with van der Waals surface area (Å²) in [5.41, 5.74) is 0.716. The molecule has 0 radical (unpaired) electrons. The van der Waals surface area contributed by atoms with E-state index in [1.165, 1.54) is 12.5 Å². The van der Waals surface area contributed by atoms with Crippen molar-refractivity contribution in [3.8, 4) is 0 Å². The van der Waals surface area contributed by atoms with Gasteiger partial charge in [0.05, 0.1) is 11.1 Å². The fraction of sp³-hybridized carbons (Fsp3) is 0.600. The highest BCUT2D eigenvalue weighted by Crippen LogP contribution is 2.32. The zero-order valence-corrected chi connectivity index (χ0v) is 12.8. The molecule has 4 heteroatoms. The van der Waals surface area contributed by atoms with Gasteiger partial charge in [-0.25, -0.2) is 4.39 Å². The molecule has 2 N–H and O–H groups in total. The third kappa shape index (κ3) is 3.77. The van der Waals surface area contributed by atoms with Crippen LogP contribution in [0.3, 0.4) is 0 Å². The van der Waals surface area contributed by atoms with Crippen LogP contribution >= 0.6 is 15.9 Å². The van der Waals surface area contributed by atoms with Gasteiger partial charge in [0.25, 0.3) is 0 Å². The lowest BCUT2D eigenvalue weighted by Crippen LogP contribution is -2.51. The molecule has 1 fully saturated rings. The summed E-state index contributed by atoms with van der Waals surface area (Å²) in [6, 6.07) is 5.16. The van der Waals surface area contributed by atoms with Crippen molar-refractivity contribution in [3.63, 3.8) is 0 Å². The fourth-order valence-electron chi connectivity index (χ4n) is 2.96. The number of hydrogen-bond acceptors (Lipinski definition) is 2. The molecule has 0 aromatic heterocycles. The number of aliphatic hydroxyl groups excluding tert-OH is 1. The molecule has 0 aliphatic heterocycles. The molecule has 2 rings (SSSR count). The maximum Gasteiger partial charge on any atom is 0.137 e. The summed E-state index contributed by atoms with van der Waals surface area (Å²) in [4.78, 5) is 0. The molecule has 1 aromatic carbocycles. The monoisotopic (exact) mass is 329 g/mol. The van der Waals surface area contributed by atoms with Crippen molar-refractivity contribution in [2.24, 2.45) is 5.92 Å². The van der Waals surface area contributed by atoms with Crippen LogP contribution in [-0.2, 0) is 6.54 Å². The Balaban J connectivity index is 2.01.